The summed E-state index contributed by atoms with van der Waals surface area (Å²) >= 11 is 0. The van der Waals surface area contributed by atoms with E-state index in [9.17, 15) is 4.79 Å². The topological polar surface area (TPSA) is 80.2 Å². The number of amides is 1. The van der Waals surface area contributed by atoms with Gasteiger partial charge < -0.3 is 15.0 Å². The van der Waals surface area contributed by atoms with E-state index in [0.717, 1.165) is 17.2 Å². The van der Waals surface area contributed by atoms with E-state index >= 15 is 0 Å². The predicted molar refractivity (Wildman–Crippen MR) is 98.9 cm³/mol. The standard InChI is InChI=1S/C19H25N5O2/c1-15-17(22-12-11-20-15)24-13-7-19(26-2,8-14-24)18(25)23-10-6-16-5-3-4-9-21-16/h3-5,9,11-12H,6-8,10,13-14H2,1-2H3,(H,23,25). The molecule has 1 saturated heterocycles. The van der Waals surface area contributed by atoms with Crippen molar-refractivity contribution < 1.29 is 9.53 Å². The number of anilines is 1. The number of aromatic nitrogens is 3. The van der Waals surface area contributed by atoms with Crippen LogP contribution in [0.4, 0.5) is 5.82 Å². The molecular formula is C19H25N5O2. The molecule has 3 rings (SSSR count). The molecule has 1 aliphatic heterocycles. The smallest absolute Gasteiger partial charge is 0.252 e. The number of carbonyl (C=O) groups is 1. The number of piperidine rings is 1. The first-order valence-electron chi connectivity index (χ1n) is 8.90. The van der Waals surface area contributed by atoms with Crippen LogP contribution in [0.3, 0.4) is 0 Å². The summed E-state index contributed by atoms with van der Waals surface area (Å²) in [6.45, 7) is 3.92. The molecule has 0 radical (unpaired) electrons. The van der Waals surface area contributed by atoms with Crippen molar-refractivity contribution in [1.29, 1.82) is 0 Å². The van der Waals surface area contributed by atoms with Gasteiger partial charge in [-0.1, -0.05) is 6.07 Å². The number of aryl methyl sites for hydroxylation is 1. The van der Waals surface area contributed by atoms with Crippen molar-refractivity contribution in [2.24, 2.45) is 0 Å². The monoisotopic (exact) mass is 355 g/mol. The van der Waals surface area contributed by atoms with Gasteiger partial charge in [-0.05, 0) is 19.1 Å². The van der Waals surface area contributed by atoms with Gasteiger partial charge in [0.25, 0.3) is 5.91 Å². The lowest BCUT2D eigenvalue weighted by atomic mass is 9.90. The van der Waals surface area contributed by atoms with E-state index in [1.807, 2.05) is 25.1 Å². The van der Waals surface area contributed by atoms with Crippen LogP contribution in [0.25, 0.3) is 0 Å². The molecule has 138 valence electrons. The van der Waals surface area contributed by atoms with E-state index in [-0.39, 0.29) is 5.91 Å². The van der Waals surface area contributed by atoms with E-state index in [4.69, 9.17) is 4.74 Å². The van der Waals surface area contributed by atoms with E-state index in [1.54, 1.807) is 25.7 Å². The molecule has 0 bridgehead atoms. The van der Waals surface area contributed by atoms with Crippen LogP contribution in [-0.2, 0) is 16.0 Å². The zero-order valence-electron chi connectivity index (χ0n) is 15.3. The highest BCUT2D eigenvalue weighted by Crippen LogP contribution is 2.29. The van der Waals surface area contributed by atoms with Gasteiger partial charge in [-0.15, -0.1) is 0 Å². The molecule has 0 atom stereocenters. The van der Waals surface area contributed by atoms with Crippen molar-refractivity contribution in [3.05, 3.63) is 48.2 Å². The quantitative estimate of drug-likeness (QED) is 0.846. The minimum atomic E-state index is -0.781. The molecule has 1 amide bonds. The fourth-order valence-electron chi connectivity index (χ4n) is 3.33. The van der Waals surface area contributed by atoms with Crippen molar-refractivity contribution >= 4 is 11.7 Å². The van der Waals surface area contributed by atoms with Crippen LogP contribution in [0, 0.1) is 6.92 Å². The Morgan fingerprint density at radius 2 is 1.96 bits per heavy atom. The maximum Gasteiger partial charge on any atom is 0.252 e. The summed E-state index contributed by atoms with van der Waals surface area (Å²) in [5, 5.41) is 3.01. The SMILES string of the molecule is COC1(C(=O)NCCc2ccccn2)CCN(c2nccnc2C)CC1. The van der Waals surface area contributed by atoms with Crippen molar-refractivity contribution in [2.45, 2.75) is 31.8 Å². The van der Waals surface area contributed by atoms with Crippen molar-refractivity contribution in [2.75, 3.05) is 31.6 Å². The average molecular weight is 355 g/mol. The summed E-state index contributed by atoms with van der Waals surface area (Å²) in [5.41, 5.74) is 1.08. The highest BCUT2D eigenvalue weighted by molar-refractivity contribution is 5.85. The first-order valence-corrected chi connectivity index (χ1v) is 8.90. The average Bonchev–Trinajstić information content (AvgIpc) is 2.69. The number of pyridine rings is 1. The van der Waals surface area contributed by atoms with Gasteiger partial charge in [0.15, 0.2) is 0 Å². The van der Waals surface area contributed by atoms with Crippen LogP contribution < -0.4 is 10.2 Å². The number of hydrogen-bond donors (Lipinski definition) is 1. The van der Waals surface area contributed by atoms with E-state index in [1.165, 1.54) is 0 Å². The lowest BCUT2D eigenvalue weighted by molar-refractivity contribution is -0.146. The molecule has 2 aromatic rings. The number of rotatable bonds is 6. The molecule has 0 saturated carbocycles. The van der Waals surface area contributed by atoms with E-state index in [0.29, 0.717) is 38.9 Å². The summed E-state index contributed by atoms with van der Waals surface area (Å²) in [6.07, 6.45) is 7.10. The normalized spacial score (nSPS) is 16.3. The second-order valence-corrected chi connectivity index (χ2v) is 6.48. The lowest BCUT2D eigenvalue weighted by Gasteiger charge is -2.40. The molecule has 7 nitrogen and oxygen atoms in total. The van der Waals surface area contributed by atoms with Crippen LogP contribution >= 0.6 is 0 Å². The van der Waals surface area contributed by atoms with Crippen LogP contribution in [-0.4, -0.2) is 53.2 Å². The van der Waals surface area contributed by atoms with Crippen LogP contribution in [0.5, 0.6) is 0 Å². The number of nitrogens with zero attached hydrogens (tertiary/aromatic N) is 4. The highest BCUT2D eigenvalue weighted by atomic mass is 16.5. The molecule has 0 aliphatic carbocycles. The van der Waals surface area contributed by atoms with Gasteiger partial charge in [0, 0.05) is 70.3 Å². The third kappa shape index (κ3) is 3.99. The number of hydrogen-bond acceptors (Lipinski definition) is 6. The Hall–Kier alpha value is -2.54. The maximum atomic E-state index is 12.7. The molecular weight excluding hydrogens is 330 g/mol. The first-order chi connectivity index (χ1) is 12.6. The van der Waals surface area contributed by atoms with E-state index in [2.05, 4.69) is 25.2 Å². The largest absolute Gasteiger partial charge is 0.368 e. The highest BCUT2D eigenvalue weighted by Gasteiger charge is 2.41. The number of methoxy groups -OCH3 is 1. The van der Waals surface area contributed by atoms with Gasteiger partial charge in [0.1, 0.15) is 11.4 Å². The second kappa shape index (κ2) is 8.23. The summed E-state index contributed by atoms with van der Waals surface area (Å²) in [7, 11) is 1.61. The van der Waals surface area contributed by atoms with Crippen LogP contribution in [0.1, 0.15) is 24.2 Å². The summed E-state index contributed by atoms with van der Waals surface area (Å²) in [5.74, 6) is 0.833. The summed E-state index contributed by atoms with van der Waals surface area (Å²) < 4.78 is 5.67. The Morgan fingerprint density at radius 1 is 1.19 bits per heavy atom. The molecule has 7 heteroatoms. The third-order valence-electron chi connectivity index (χ3n) is 4.92. The minimum Gasteiger partial charge on any atom is -0.368 e. The zero-order valence-corrected chi connectivity index (χ0v) is 15.3. The predicted octanol–water partition coefficient (Wildman–Crippen LogP) is 1.52. The fraction of sp³-hybridized carbons (Fsp3) is 0.474. The van der Waals surface area contributed by atoms with Gasteiger partial charge in [0.05, 0.1) is 5.69 Å². The third-order valence-corrected chi connectivity index (χ3v) is 4.92. The number of ether oxygens (including phenoxy) is 1. The molecule has 2 aromatic heterocycles. The molecule has 0 aromatic carbocycles. The Kier molecular flexibility index (Phi) is 5.78. The van der Waals surface area contributed by atoms with Gasteiger partial charge in [-0.25, -0.2) is 4.98 Å². The summed E-state index contributed by atoms with van der Waals surface area (Å²) in [4.78, 5) is 27.9. The minimum absolute atomic E-state index is 0.0496. The maximum absolute atomic E-state index is 12.7. The number of carbonyl (C=O) groups excluding carboxylic acids is 1. The Labute approximate surface area is 153 Å². The van der Waals surface area contributed by atoms with Crippen LogP contribution in [0.15, 0.2) is 36.8 Å². The van der Waals surface area contributed by atoms with Gasteiger partial charge in [-0.2, -0.15) is 0 Å². The van der Waals surface area contributed by atoms with Gasteiger partial charge in [-0.3, -0.25) is 14.8 Å². The zero-order chi connectivity index (χ0) is 18.4. The van der Waals surface area contributed by atoms with Crippen molar-refractivity contribution in [3.63, 3.8) is 0 Å². The lowest BCUT2D eigenvalue weighted by Crippen LogP contribution is -2.55. The summed E-state index contributed by atoms with van der Waals surface area (Å²) in [6, 6.07) is 5.79. The second-order valence-electron chi connectivity index (χ2n) is 6.48. The molecule has 1 aliphatic rings. The van der Waals surface area contributed by atoms with Crippen LogP contribution in [0.2, 0.25) is 0 Å². The van der Waals surface area contributed by atoms with Gasteiger partial charge >= 0.3 is 0 Å². The molecule has 0 unspecified atom stereocenters. The molecule has 26 heavy (non-hydrogen) atoms. The molecule has 1 fully saturated rings. The Bertz CT molecular complexity index is 730. The first kappa shape index (κ1) is 18.3. The number of nitrogens with one attached hydrogen (secondary N) is 1. The van der Waals surface area contributed by atoms with Crippen molar-refractivity contribution in [1.82, 2.24) is 20.3 Å². The van der Waals surface area contributed by atoms with Crippen molar-refractivity contribution in [3.8, 4) is 0 Å². The molecule has 3 heterocycles. The van der Waals surface area contributed by atoms with Gasteiger partial charge in [0.2, 0.25) is 0 Å². The fourth-order valence-corrected chi connectivity index (χ4v) is 3.33. The Balaban J connectivity index is 1.56. The molecule has 1 N–H and O–H groups in total. The Morgan fingerprint density at radius 3 is 2.62 bits per heavy atom. The van der Waals surface area contributed by atoms with E-state index < -0.39 is 5.60 Å². The molecule has 0 spiro atoms.